The number of carbonyl (C=O) groups is 1. The maximum Gasteiger partial charge on any atom is 0.416 e. The van der Waals surface area contributed by atoms with Gasteiger partial charge < -0.3 is 10.1 Å². The van der Waals surface area contributed by atoms with E-state index in [1.165, 1.54) is 39.4 Å². The molecule has 146 valence electrons. The minimum atomic E-state index is -4.50. The molecular weight excluding hydrogens is 385 g/mol. The zero-order valence-electron chi connectivity index (χ0n) is 14.7. The summed E-state index contributed by atoms with van der Waals surface area (Å²) in [5.41, 5.74) is -0.722. The second-order valence-corrected chi connectivity index (χ2v) is 7.80. The number of hydrogen-bond acceptors (Lipinski definition) is 4. The van der Waals surface area contributed by atoms with Crippen LogP contribution >= 0.6 is 0 Å². The summed E-state index contributed by atoms with van der Waals surface area (Å²) in [6.45, 7) is 0. The summed E-state index contributed by atoms with van der Waals surface area (Å²) < 4.78 is 68.6. The van der Waals surface area contributed by atoms with E-state index in [4.69, 9.17) is 4.74 Å². The van der Waals surface area contributed by atoms with Crippen LogP contribution in [0.5, 0.6) is 5.75 Å². The number of rotatable bonds is 5. The maximum atomic E-state index is 12.6. The predicted octanol–water partition coefficient (Wildman–Crippen LogP) is 3.22. The molecule has 1 N–H and O–H groups in total. The molecule has 0 unspecified atom stereocenters. The Bertz CT molecular complexity index is 940. The van der Waals surface area contributed by atoms with Crippen LogP contribution in [0.25, 0.3) is 0 Å². The minimum absolute atomic E-state index is 0.00386. The Labute approximate surface area is 154 Å². The van der Waals surface area contributed by atoms with Gasteiger partial charge in [-0.3, -0.25) is 4.79 Å². The van der Waals surface area contributed by atoms with E-state index in [9.17, 15) is 26.4 Å². The van der Waals surface area contributed by atoms with Crippen molar-refractivity contribution in [2.24, 2.45) is 0 Å². The molecule has 0 spiro atoms. The number of ether oxygens (including phenoxy) is 1. The molecule has 0 heterocycles. The molecular formula is C17H17F3N2O4S. The maximum absolute atomic E-state index is 12.6. The Kier molecular flexibility index (Phi) is 5.81. The van der Waals surface area contributed by atoms with Gasteiger partial charge in [0.25, 0.3) is 5.91 Å². The molecule has 27 heavy (non-hydrogen) atoms. The number of benzene rings is 2. The Hall–Kier alpha value is -2.59. The van der Waals surface area contributed by atoms with Gasteiger partial charge in [0.15, 0.2) is 0 Å². The summed E-state index contributed by atoms with van der Waals surface area (Å²) in [4.78, 5) is 12.1. The van der Waals surface area contributed by atoms with Gasteiger partial charge in [-0.05, 0) is 42.5 Å². The number of carbonyl (C=O) groups excluding carboxylic acids is 1. The summed E-state index contributed by atoms with van der Waals surface area (Å²) in [6.07, 6.45) is -4.50. The van der Waals surface area contributed by atoms with Gasteiger partial charge in [0.2, 0.25) is 10.0 Å². The van der Waals surface area contributed by atoms with Crippen LogP contribution in [0.4, 0.5) is 18.9 Å². The van der Waals surface area contributed by atoms with Crippen LogP contribution in [0, 0.1) is 0 Å². The average Bonchev–Trinajstić information content (AvgIpc) is 2.60. The zero-order valence-corrected chi connectivity index (χ0v) is 15.5. The fraction of sp³-hybridized carbons (Fsp3) is 0.235. The lowest BCUT2D eigenvalue weighted by molar-refractivity contribution is -0.137. The van der Waals surface area contributed by atoms with E-state index in [1.54, 1.807) is 0 Å². The van der Waals surface area contributed by atoms with E-state index in [-0.39, 0.29) is 21.9 Å². The molecule has 2 aromatic carbocycles. The van der Waals surface area contributed by atoms with Crippen molar-refractivity contribution in [3.8, 4) is 5.75 Å². The molecule has 0 aromatic heterocycles. The summed E-state index contributed by atoms with van der Waals surface area (Å²) in [7, 11) is 0.176. The number of nitrogens with one attached hydrogen (secondary N) is 1. The summed E-state index contributed by atoms with van der Waals surface area (Å²) in [5, 5.41) is 2.46. The highest BCUT2D eigenvalue weighted by Crippen LogP contribution is 2.30. The number of anilines is 1. The summed E-state index contributed by atoms with van der Waals surface area (Å²) >= 11 is 0. The molecule has 10 heteroatoms. The van der Waals surface area contributed by atoms with Gasteiger partial charge in [0.05, 0.1) is 12.7 Å². The van der Waals surface area contributed by atoms with E-state index in [0.29, 0.717) is 0 Å². The highest BCUT2D eigenvalue weighted by atomic mass is 32.2. The van der Waals surface area contributed by atoms with Gasteiger partial charge in [-0.1, -0.05) is 0 Å². The van der Waals surface area contributed by atoms with Gasteiger partial charge in [-0.15, -0.1) is 0 Å². The van der Waals surface area contributed by atoms with Crippen molar-refractivity contribution in [1.29, 1.82) is 0 Å². The highest BCUT2D eigenvalue weighted by molar-refractivity contribution is 7.89. The second kappa shape index (κ2) is 7.57. The first kappa shape index (κ1) is 20.7. The van der Waals surface area contributed by atoms with Gasteiger partial charge >= 0.3 is 6.18 Å². The molecule has 0 bridgehead atoms. The number of amides is 1. The average molecular weight is 402 g/mol. The van der Waals surface area contributed by atoms with Crippen molar-refractivity contribution < 1.29 is 31.1 Å². The topological polar surface area (TPSA) is 75.7 Å². The molecule has 0 fully saturated rings. The molecule has 0 radical (unpaired) electrons. The number of nitrogens with zero attached hydrogens (tertiary/aromatic N) is 1. The number of alkyl halides is 3. The van der Waals surface area contributed by atoms with Crippen LogP contribution in [-0.2, 0) is 16.2 Å². The number of halogens is 3. The van der Waals surface area contributed by atoms with Crippen LogP contribution in [0.1, 0.15) is 15.9 Å². The van der Waals surface area contributed by atoms with Gasteiger partial charge in [-0.2, -0.15) is 13.2 Å². The predicted molar refractivity (Wildman–Crippen MR) is 93.3 cm³/mol. The molecule has 1 amide bonds. The first-order valence-electron chi connectivity index (χ1n) is 7.56. The molecule has 0 aliphatic heterocycles. The normalized spacial score (nSPS) is 12.1. The lowest BCUT2D eigenvalue weighted by Crippen LogP contribution is -2.23. The molecule has 0 aliphatic carbocycles. The van der Waals surface area contributed by atoms with Gasteiger partial charge in [-0.25, -0.2) is 12.7 Å². The Morgan fingerprint density at radius 2 is 1.67 bits per heavy atom. The van der Waals surface area contributed by atoms with Crippen molar-refractivity contribution in [2.45, 2.75) is 11.1 Å². The third-order valence-electron chi connectivity index (χ3n) is 3.65. The molecule has 0 aliphatic rings. The lowest BCUT2D eigenvalue weighted by atomic mass is 10.1. The first-order valence-corrected chi connectivity index (χ1v) is 9.00. The van der Waals surface area contributed by atoms with Crippen LogP contribution in [0.2, 0.25) is 0 Å². The summed E-state index contributed by atoms with van der Waals surface area (Å²) in [6, 6.07) is 7.69. The van der Waals surface area contributed by atoms with Crippen molar-refractivity contribution in [3.05, 3.63) is 53.6 Å². The molecule has 2 aromatic rings. The van der Waals surface area contributed by atoms with Crippen LogP contribution in [-0.4, -0.2) is 39.8 Å². The van der Waals surface area contributed by atoms with Crippen LogP contribution in [0.15, 0.2) is 47.4 Å². The van der Waals surface area contributed by atoms with Crippen molar-refractivity contribution in [1.82, 2.24) is 4.31 Å². The Morgan fingerprint density at radius 3 is 2.15 bits per heavy atom. The number of hydrogen-bond donors (Lipinski definition) is 1. The zero-order chi connectivity index (χ0) is 20.4. The molecule has 0 atom stereocenters. The largest absolute Gasteiger partial charge is 0.495 e. The van der Waals surface area contributed by atoms with Crippen molar-refractivity contribution >= 4 is 21.6 Å². The van der Waals surface area contributed by atoms with E-state index in [0.717, 1.165) is 28.6 Å². The third kappa shape index (κ3) is 4.58. The smallest absolute Gasteiger partial charge is 0.416 e. The monoisotopic (exact) mass is 402 g/mol. The Balaban J connectivity index is 2.31. The van der Waals surface area contributed by atoms with Crippen molar-refractivity contribution in [2.75, 3.05) is 26.5 Å². The number of sulfonamides is 1. The van der Waals surface area contributed by atoms with Gasteiger partial charge in [0, 0.05) is 25.3 Å². The molecule has 2 rings (SSSR count). The standard InChI is InChI=1S/C17H17F3N2O4S/c1-22(2)27(24,25)15-10-13(8-9-14(15)26-3)21-16(23)11-4-6-12(7-5-11)17(18,19)20/h4-10H,1-3H3,(H,21,23). The number of methoxy groups -OCH3 is 1. The lowest BCUT2D eigenvalue weighted by Gasteiger charge is -2.16. The second-order valence-electron chi connectivity index (χ2n) is 5.68. The SMILES string of the molecule is COc1ccc(NC(=O)c2ccc(C(F)(F)F)cc2)cc1S(=O)(=O)N(C)C. The van der Waals surface area contributed by atoms with Crippen molar-refractivity contribution in [3.63, 3.8) is 0 Å². The van der Waals surface area contributed by atoms with Gasteiger partial charge in [0.1, 0.15) is 10.6 Å². The fourth-order valence-corrected chi connectivity index (χ4v) is 3.24. The molecule has 6 nitrogen and oxygen atoms in total. The van der Waals surface area contributed by atoms with E-state index < -0.39 is 27.7 Å². The quantitative estimate of drug-likeness (QED) is 0.833. The molecule has 0 saturated carbocycles. The summed E-state index contributed by atoms with van der Waals surface area (Å²) in [5.74, 6) is -0.585. The third-order valence-corrected chi connectivity index (χ3v) is 5.49. The van der Waals surface area contributed by atoms with E-state index in [2.05, 4.69) is 5.32 Å². The highest BCUT2D eigenvalue weighted by Gasteiger charge is 2.30. The van der Waals surface area contributed by atoms with E-state index >= 15 is 0 Å². The van der Waals surface area contributed by atoms with Crippen LogP contribution in [0.3, 0.4) is 0 Å². The minimum Gasteiger partial charge on any atom is -0.495 e. The Morgan fingerprint density at radius 1 is 1.07 bits per heavy atom. The fourth-order valence-electron chi connectivity index (χ4n) is 2.17. The van der Waals surface area contributed by atoms with Crippen LogP contribution < -0.4 is 10.1 Å². The van der Waals surface area contributed by atoms with E-state index in [1.807, 2.05) is 0 Å². The molecule has 0 saturated heterocycles. The first-order chi connectivity index (χ1) is 12.5.